The molecule has 2 rings (SSSR count). The van der Waals surface area contributed by atoms with E-state index in [1.165, 1.54) is 12.1 Å². The topological polar surface area (TPSA) is 38.0 Å². The van der Waals surface area contributed by atoms with E-state index in [0.29, 0.717) is 5.56 Å². The van der Waals surface area contributed by atoms with Crippen molar-refractivity contribution in [3.05, 3.63) is 67.6 Å². The molecule has 0 saturated carbocycles. The van der Waals surface area contributed by atoms with Crippen LogP contribution in [0.3, 0.4) is 0 Å². The van der Waals surface area contributed by atoms with Gasteiger partial charge in [0, 0.05) is 10.0 Å². The van der Waals surface area contributed by atoms with Crippen LogP contribution in [-0.2, 0) is 0 Å². The van der Waals surface area contributed by atoms with Gasteiger partial charge in [0.1, 0.15) is 11.6 Å². The highest BCUT2D eigenvalue weighted by atomic mass is 79.9. The van der Waals surface area contributed by atoms with Gasteiger partial charge in [-0.3, -0.25) is 5.84 Å². The van der Waals surface area contributed by atoms with Crippen molar-refractivity contribution < 1.29 is 8.78 Å². The van der Waals surface area contributed by atoms with Crippen molar-refractivity contribution in [3.8, 4) is 0 Å². The van der Waals surface area contributed by atoms with E-state index in [1.54, 1.807) is 6.07 Å². The highest BCUT2D eigenvalue weighted by molar-refractivity contribution is 9.10. The standard InChI is InChI=1S/C14H12Br2F2N2/c1-7-2-3-8(15)6-9(7)14(20-19)12-11(17)5-4-10(16)13(12)18/h2-6,14,20H,19H2,1H3. The van der Waals surface area contributed by atoms with Crippen LogP contribution in [0, 0.1) is 18.6 Å². The summed E-state index contributed by atoms with van der Waals surface area (Å²) < 4.78 is 29.3. The molecule has 0 aromatic heterocycles. The van der Waals surface area contributed by atoms with Gasteiger partial charge in [-0.05, 0) is 58.2 Å². The van der Waals surface area contributed by atoms with E-state index in [2.05, 4.69) is 37.3 Å². The Hall–Kier alpha value is -0.820. The Morgan fingerprint density at radius 3 is 2.50 bits per heavy atom. The Balaban J connectivity index is 2.64. The molecule has 1 atom stereocenters. The Morgan fingerprint density at radius 2 is 1.85 bits per heavy atom. The number of nitrogens with one attached hydrogen (secondary N) is 1. The van der Waals surface area contributed by atoms with Crippen molar-refractivity contribution in [2.24, 2.45) is 5.84 Å². The molecule has 106 valence electrons. The van der Waals surface area contributed by atoms with Crippen LogP contribution in [0.25, 0.3) is 0 Å². The molecule has 3 N–H and O–H groups in total. The van der Waals surface area contributed by atoms with Crippen molar-refractivity contribution in [1.82, 2.24) is 5.43 Å². The number of aryl methyl sites for hydroxylation is 1. The molecule has 1 unspecified atom stereocenters. The van der Waals surface area contributed by atoms with Gasteiger partial charge in [-0.1, -0.05) is 22.0 Å². The van der Waals surface area contributed by atoms with E-state index in [0.717, 1.165) is 10.0 Å². The number of nitrogens with two attached hydrogens (primary N) is 1. The van der Waals surface area contributed by atoms with Crippen LogP contribution >= 0.6 is 31.9 Å². The van der Waals surface area contributed by atoms with Crippen molar-refractivity contribution >= 4 is 31.9 Å². The van der Waals surface area contributed by atoms with Gasteiger partial charge in [0.2, 0.25) is 0 Å². The first-order chi connectivity index (χ1) is 9.45. The molecule has 0 fully saturated rings. The van der Waals surface area contributed by atoms with Gasteiger partial charge >= 0.3 is 0 Å². The molecule has 20 heavy (non-hydrogen) atoms. The molecule has 0 aliphatic rings. The first-order valence-corrected chi connectivity index (χ1v) is 7.40. The minimum atomic E-state index is -0.773. The van der Waals surface area contributed by atoms with Crippen LogP contribution in [0.15, 0.2) is 39.3 Å². The normalized spacial score (nSPS) is 12.5. The third-order valence-electron chi connectivity index (χ3n) is 3.09. The Morgan fingerprint density at radius 1 is 1.15 bits per heavy atom. The SMILES string of the molecule is Cc1ccc(Br)cc1C(NN)c1c(F)ccc(Br)c1F. The van der Waals surface area contributed by atoms with Gasteiger partial charge in [0.15, 0.2) is 0 Å². The molecular formula is C14H12Br2F2N2. The highest BCUT2D eigenvalue weighted by Crippen LogP contribution is 2.32. The van der Waals surface area contributed by atoms with Crippen LogP contribution in [0.4, 0.5) is 8.78 Å². The molecule has 0 spiro atoms. The maximum Gasteiger partial charge on any atom is 0.145 e. The smallest absolute Gasteiger partial charge is 0.145 e. The third kappa shape index (κ3) is 2.93. The zero-order valence-corrected chi connectivity index (χ0v) is 13.7. The Bertz CT molecular complexity index is 647. The van der Waals surface area contributed by atoms with E-state index >= 15 is 0 Å². The fourth-order valence-electron chi connectivity index (χ4n) is 2.06. The summed E-state index contributed by atoms with van der Waals surface area (Å²) in [7, 11) is 0. The van der Waals surface area contributed by atoms with Crippen molar-refractivity contribution in [2.45, 2.75) is 13.0 Å². The summed E-state index contributed by atoms with van der Waals surface area (Å²) in [4.78, 5) is 0. The maximum atomic E-state index is 14.2. The van der Waals surface area contributed by atoms with Crippen LogP contribution in [-0.4, -0.2) is 0 Å². The summed E-state index contributed by atoms with van der Waals surface area (Å²) in [6, 6.07) is 7.28. The van der Waals surface area contributed by atoms with E-state index in [9.17, 15) is 8.78 Å². The first kappa shape index (κ1) is 15.6. The van der Waals surface area contributed by atoms with E-state index in [-0.39, 0.29) is 10.0 Å². The van der Waals surface area contributed by atoms with Crippen LogP contribution in [0.2, 0.25) is 0 Å². The lowest BCUT2D eigenvalue weighted by atomic mass is 9.95. The van der Waals surface area contributed by atoms with Gasteiger partial charge in [0.25, 0.3) is 0 Å². The number of hydrogen-bond donors (Lipinski definition) is 2. The Kier molecular flexibility index (Phi) is 4.90. The third-order valence-corrected chi connectivity index (χ3v) is 4.19. The average Bonchev–Trinajstić information content (AvgIpc) is 2.42. The maximum absolute atomic E-state index is 14.2. The molecule has 0 amide bonds. The van der Waals surface area contributed by atoms with Crippen molar-refractivity contribution in [3.63, 3.8) is 0 Å². The molecule has 0 aliphatic carbocycles. The van der Waals surface area contributed by atoms with Gasteiger partial charge in [0.05, 0.1) is 10.5 Å². The van der Waals surface area contributed by atoms with Crippen molar-refractivity contribution in [1.29, 1.82) is 0 Å². The minimum absolute atomic E-state index is 0.108. The molecule has 0 saturated heterocycles. The summed E-state index contributed by atoms with van der Waals surface area (Å²) in [6.07, 6.45) is 0. The van der Waals surface area contributed by atoms with E-state index in [4.69, 9.17) is 5.84 Å². The molecule has 6 heteroatoms. The van der Waals surface area contributed by atoms with Gasteiger partial charge < -0.3 is 0 Å². The zero-order chi connectivity index (χ0) is 14.9. The summed E-state index contributed by atoms with van der Waals surface area (Å²) in [5.41, 5.74) is 3.97. The predicted molar refractivity (Wildman–Crippen MR) is 82.1 cm³/mol. The second-order valence-corrected chi connectivity index (χ2v) is 6.13. The second-order valence-electron chi connectivity index (χ2n) is 4.36. The molecule has 2 nitrogen and oxygen atoms in total. The second kappa shape index (κ2) is 6.30. The average molecular weight is 406 g/mol. The molecule has 0 radical (unpaired) electrons. The largest absolute Gasteiger partial charge is 0.271 e. The first-order valence-electron chi connectivity index (χ1n) is 5.81. The molecule has 0 bridgehead atoms. The molecular weight excluding hydrogens is 394 g/mol. The van der Waals surface area contributed by atoms with Crippen LogP contribution < -0.4 is 11.3 Å². The minimum Gasteiger partial charge on any atom is -0.271 e. The predicted octanol–water partition coefficient (Wildman–Crippen LogP) is 4.35. The number of hydrogen-bond acceptors (Lipinski definition) is 2. The van der Waals surface area contributed by atoms with Crippen LogP contribution in [0.1, 0.15) is 22.7 Å². The number of rotatable bonds is 3. The molecule has 2 aromatic carbocycles. The van der Waals surface area contributed by atoms with Gasteiger partial charge in [-0.15, -0.1) is 0 Å². The van der Waals surface area contributed by atoms with Crippen molar-refractivity contribution in [2.75, 3.05) is 0 Å². The fourth-order valence-corrected chi connectivity index (χ4v) is 2.78. The van der Waals surface area contributed by atoms with Gasteiger partial charge in [-0.25, -0.2) is 14.2 Å². The molecule has 0 heterocycles. The molecule has 0 aliphatic heterocycles. The monoisotopic (exact) mass is 404 g/mol. The number of halogens is 4. The summed E-state index contributed by atoms with van der Waals surface area (Å²) in [5, 5.41) is 0. The molecule has 2 aromatic rings. The van der Waals surface area contributed by atoms with E-state index < -0.39 is 17.7 Å². The highest BCUT2D eigenvalue weighted by Gasteiger charge is 2.24. The summed E-state index contributed by atoms with van der Waals surface area (Å²) in [5.74, 6) is 4.22. The lowest BCUT2D eigenvalue weighted by Gasteiger charge is -2.21. The van der Waals surface area contributed by atoms with Crippen LogP contribution in [0.5, 0.6) is 0 Å². The number of benzene rings is 2. The zero-order valence-electron chi connectivity index (χ0n) is 10.6. The quantitative estimate of drug-likeness (QED) is 0.452. The number of hydrazine groups is 1. The van der Waals surface area contributed by atoms with E-state index in [1.807, 2.05) is 19.1 Å². The van der Waals surface area contributed by atoms with Gasteiger partial charge in [-0.2, -0.15) is 0 Å². The Labute approximate surface area is 132 Å². The summed E-state index contributed by atoms with van der Waals surface area (Å²) >= 11 is 6.42. The lowest BCUT2D eigenvalue weighted by molar-refractivity contribution is 0.506. The summed E-state index contributed by atoms with van der Waals surface area (Å²) in [6.45, 7) is 1.86. The fraction of sp³-hybridized carbons (Fsp3) is 0.143. The lowest BCUT2D eigenvalue weighted by Crippen LogP contribution is -2.31.